The Labute approximate surface area is 146 Å². The molecule has 0 aliphatic carbocycles. The molecule has 25 heavy (non-hydrogen) atoms. The molecule has 2 fully saturated rings. The highest BCUT2D eigenvalue weighted by molar-refractivity contribution is 6.05. The van der Waals surface area contributed by atoms with Crippen molar-refractivity contribution in [3.05, 3.63) is 24.2 Å². The van der Waals surface area contributed by atoms with Crippen LogP contribution >= 0.6 is 0 Å². The zero-order chi connectivity index (χ0) is 17.8. The van der Waals surface area contributed by atoms with E-state index in [1.54, 1.807) is 12.1 Å². The number of hydrogen-bond acceptors (Lipinski definition) is 5. The molecule has 3 rings (SSSR count). The van der Waals surface area contributed by atoms with Crippen molar-refractivity contribution in [3.63, 3.8) is 0 Å². The minimum Gasteiger partial charge on any atom is -0.467 e. The second-order valence-electron chi connectivity index (χ2n) is 6.44. The molecule has 2 atom stereocenters. The number of likely N-dealkylation sites (N-methyl/N-ethyl adjacent to an activating group) is 1. The molecule has 0 bridgehead atoms. The molecule has 1 aromatic heterocycles. The second kappa shape index (κ2) is 7.69. The number of nitrogens with one attached hydrogen (secondary N) is 2. The van der Waals surface area contributed by atoms with Gasteiger partial charge < -0.3 is 15.1 Å². The number of furan rings is 1. The summed E-state index contributed by atoms with van der Waals surface area (Å²) in [7, 11) is 0. The summed E-state index contributed by atoms with van der Waals surface area (Å²) in [4.78, 5) is 39.9. The van der Waals surface area contributed by atoms with E-state index in [9.17, 15) is 14.4 Å². The first-order valence-electron chi connectivity index (χ1n) is 8.73. The molecule has 2 saturated heterocycles. The minimum atomic E-state index is -0.812. The Balaban J connectivity index is 1.48. The summed E-state index contributed by atoms with van der Waals surface area (Å²) in [6, 6.07) is 2.45. The van der Waals surface area contributed by atoms with Gasteiger partial charge in [-0.15, -0.1) is 0 Å². The molecule has 0 spiro atoms. The SMILES string of the molecule is CCN1CCC[C@@H]1CNC(=O)C[C@@H]1NC(=O)N(Cc2ccco2)C1=O. The van der Waals surface area contributed by atoms with Gasteiger partial charge in [0.1, 0.15) is 11.8 Å². The van der Waals surface area contributed by atoms with Crippen LogP contribution in [0.15, 0.2) is 22.8 Å². The van der Waals surface area contributed by atoms with Crippen LogP contribution in [0.1, 0.15) is 31.9 Å². The van der Waals surface area contributed by atoms with Crippen molar-refractivity contribution >= 4 is 17.8 Å². The average Bonchev–Trinajstić information content (AvgIpc) is 3.31. The third kappa shape index (κ3) is 4.01. The largest absolute Gasteiger partial charge is 0.467 e. The number of carbonyl (C=O) groups is 3. The molecule has 1 aromatic rings. The number of carbonyl (C=O) groups excluding carboxylic acids is 3. The molecule has 0 unspecified atom stereocenters. The minimum absolute atomic E-state index is 0.0436. The second-order valence-corrected chi connectivity index (χ2v) is 6.44. The van der Waals surface area contributed by atoms with E-state index in [0.717, 1.165) is 30.8 Å². The Morgan fingerprint density at radius 3 is 3.00 bits per heavy atom. The molecular formula is C17H24N4O4. The van der Waals surface area contributed by atoms with Crippen molar-refractivity contribution in [2.45, 2.75) is 44.8 Å². The highest BCUT2D eigenvalue weighted by atomic mass is 16.3. The maximum absolute atomic E-state index is 12.3. The molecule has 3 heterocycles. The lowest BCUT2D eigenvalue weighted by atomic mass is 10.1. The van der Waals surface area contributed by atoms with Crippen molar-refractivity contribution < 1.29 is 18.8 Å². The van der Waals surface area contributed by atoms with Gasteiger partial charge in [0.2, 0.25) is 5.91 Å². The Kier molecular flexibility index (Phi) is 5.37. The molecule has 2 N–H and O–H groups in total. The molecule has 0 radical (unpaired) electrons. The fraction of sp³-hybridized carbons (Fsp3) is 0.588. The van der Waals surface area contributed by atoms with Crippen LogP contribution in [0, 0.1) is 0 Å². The summed E-state index contributed by atoms with van der Waals surface area (Å²) in [6.07, 6.45) is 3.66. The number of imide groups is 1. The van der Waals surface area contributed by atoms with Crippen LogP contribution in [0.5, 0.6) is 0 Å². The first-order valence-corrected chi connectivity index (χ1v) is 8.73. The van der Waals surface area contributed by atoms with Gasteiger partial charge in [-0.1, -0.05) is 6.92 Å². The van der Waals surface area contributed by atoms with E-state index in [2.05, 4.69) is 22.5 Å². The smallest absolute Gasteiger partial charge is 0.325 e. The van der Waals surface area contributed by atoms with E-state index in [4.69, 9.17) is 4.42 Å². The van der Waals surface area contributed by atoms with E-state index >= 15 is 0 Å². The lowest BCUT2D eigenvalue weighted by Crippen LogP contribution is -2.42. The Morgan fingerprint density at radius 2 is 2.28 bits per heavy atom. The predicted octanol–water partition coefficient (Wildman–Crippen LogP) is 0.691. The molecule has 8 nitrogen and oxygen atoms in total. The third-order valence-corrected chi connectivity index (χ3v) is 4.83. The van der Waals surface area contributed by atoms with Crippen LogP contribution in [0.4, 0.5) is 4.79 Å². The van der Waals surface area contributed by atoms with Gasteiger partial charge in [0, 0.05) is 12.6 Å². The zero-order valence-electron chi connectivity index (χ0n) is 14.4. The van der Waals surface area contributed by atoms with Gasteiger partial charge in [0.25, 0.3) is 5.91 Å². The molecule has 0 saturated carbocycles. The molecule has 4 amide bonds. The molecular weight excluding hydrogens is 324 g/mol. The Bertz CT molecular complexity index is 631. The summed E-state index contributed by atoms with van der Waals surface area (Å²) in [5.41, 5.74) is 0. The van der Waals surface area contributed by atoms with Crippen LogP contribution < -0.4 is 10.6 Å². The third-order valence-electron chi connectivity index (χ3n) is 4.83. The molecule has 2 aliphatic rings. The first-order chi connectivity index (χ1) is 12.1. The van der Waals surface area contributed by atoms with E-state index in [0.29, 0.717) is 18.3 Å². The summed E-state index contributed by atoms with van der Waals surface area (Å²) in [6.45, 7) is 4.80. The van der Waals surface area contributed by atoms with Crippen LogP contribution in [0.2, 0.25) is 0 Å². The van der Waals surface area contributed by atoms with Crippen molar-refractivity contribution in [2.75, 3.05) is 19.6 Å². The molecule has 0 aromatic carbocycles. The standard InChI is InChI=1S/C17H24N4O4/c1-2-20-7-3-5-12(20)10-18-15(22)9-14-16(23)21(17(24)19-14)11-13-6-4-8-25-13/h4,6,8,12,14H,2-3,5,7,9-11H2,1H3,(H,18,22)(H,19,24)/t12-,14+/m1/s1. The lowest BCUT2D eigenvalue weighted by Gasteiger charge is -2.23. The van der Waals surface area contributed by atoms with E-state index in [1.165, 1.54) is 6.26 Å². The number of hydrogen-bond donors (Lipinski definition) is 2. The molecule has 136 valence electrons. The topological polar surface area (TPSA) is 94.9 Å². The van der Waals surface area contributed by atoms with Gasteiger partial charge in [-0.25, -0.2) is 4.79 Å². The van der Waals surface area contributed by atoms with Gasteiger partial charge in [-0.3, -0.25) is 19.4 Å². The van der Waals surface area contributed by atoms with E-state index in [1.807, 2.05) is 0 Å². The summed E-state index contributed by atoms with van der Waals surface area (Å²) in [5.74, 6) is -0.0939. The van der Waals surface area contributed by atoms with Crippen LogP contribution in [0.25, 0.3) is 0 Å². The summed E-state index contributed by atoms with van der Waals surface area (Å²) in [5, 5.41) is 5.46. The number of amides is 4. The maximum Gasteiger partial charge on any atom is 0.325 e. The van der Waals surface area contributed by atoms with Crippen molar-refractivity contribution in [3.8, 4) is 0 Å². The Hall–Kier alpha value is -2.35. The number of nitrogens with zero attached hydrogens (tertiary/aromatic N) is 2. The van der Waals surface area contributed by atoms with Gasteiger partial charge in [-0.2, -0.15) is 0 Å². The first kappa shape index (κ1) is 17.5. The van der Waals surface area contributed by atoms with Gasteiger partial charge >= 0.3 is 6.03 Å². The fourth-order valence-electron chi connectivity index (χ4n) is 3.46. The number of rotatable bonds is 7. The summed E-state index contributed by atoms with van der Waals surface area (Å²) < 4.78 is 5.17. The monoisotopic (exact) mass is 348 g/mol. The van der Waals surface area contributed by atoms with Crippen molar-refractivity contribution in [1.82, 2.24) is 20.4 Å². The van der Waals surface area contributed by atoms with Crippen LogP contribution in [-0.4, -0.2) is 59.4 Å². The van der Waals surface area contributed by atoms with Crippen LogP contribution in [-0.2, 0) is 16.1 Å². The van der Waals surface area contributed by atoms with E-state index in [-0.39, 0.29) is 18.9 Å². The predicted molar refractivity (Wildman–Crippen MR) is 89.5 cm³/mol. The average molecular weight is 348 g/mol. The molecule has 2 aliphatic heterocycles. The fourth-order valence-corrected chi connectivity index (χ4v) is 3.46. The molecule has 8 heteroatoms. The Morgan fingerprint density at radius 1 is 1.44 bits per heavy atom. The normalized spacial score (nSPS) is 24.0. The van der Waals surface area contributed by atoms with Crippen LogP contribution in [0.3, 0.4) is 0 Å². The van der Waals surface area contributed by atoms with Gasteiger partial charge in [-0.05, 0) is 38.1 Å². The van der Waals surface area contributed by atoms with Gasteiger partial charge in [0.15, 0.2) is 0 Å². The van der Waals surface area contributed by atoms with Crippen molar-refractivity contribution in [1.29, 1.82) is 0 Å². The lowest BCUT2D eigenvalue weighted by molar-refractivity contribution is -0.131. The number of urea groups is 1. The highest BCUT2D eigenvalue weighted by Crippen LogP contribution is 2.16. The quantitative estimate of drug-likeness (QED) is 0.707. The summed E-state index contributed by atoms with van der Waals surface area (Å²) >= 11 is 0. The van der Waals surface area contributed by atoms with Crippen molar-refractivity contribution in [2.24, 2.45) is 0 Å². The number of likely N-dealkylation sites (tertiary alicyclic amines) is 1. The van der Waals surface area contributed by atoms with E-state index < -0.39 is 18.0 Å². The maximum atomic E-state index is 12.3. The zero-order valence-corrected chi connectivity index (χ0v) is 14.4. The highest BCUT2D eigenvalue weighted by Gasteiger charge is 2.39. The van der Waals surface area contributed by atoms with Gasteiger partial charge in [0.05, 0.1) is 19.2 Å².